The van der Waals surface area contributed by atoms with Gasteiger partial charge in [-0.15, -0.1) is 11.3 Å². The molecular weight excluding hydrogens is 597 g/mol. The Bertz CT molecular complexity index is 1990. The van der Waals surface area contributed by atoms with Crippen LogP contribution in [0.1, 0.15) is 15.2 Å². The molecule has 3 aromatic carbocycles. The Balaban J connectivity index is 1.29. The average molecular weight is 633 g/mol. The van der Waals surface area contributed by atoms with E-state index in [1.54, 1.807) is 17.8 Å². The Hall–Kier alpha value is -5.19. The summed E-state index contributed by atoms with van der Waals surface area (Å²) in [6.07, 6.45) is 3.04. The summed E-state index contributed by atoms with van der Waals surface area (Å²) in [6, 6.07) is 23.1. The smallest absolute Gasteiger partial charge is 0.274 e. The van der Waals surface area contributed by atoms with Gasteiger partial charge in [-0.1, -0.05) is 36.9 Å². The molecule has 1 fully saturated rings. The van der Waals surface area contributed by atoms with Crippen LogP contribution in [0.25, 0.3) is 21.2 Å². The summed E-state index contributed by atoms with van der Waals surface area (Å²) in [7, 11) is 3.81. The lowest BCUT2D eigenvalue weighted by Crippen LogP contribution is -2.44. The molecule has 3 N–H and O–H groups in total. The molecule has 1 saturated heterocycles. The number of amides is 2. The third kappa shape index (κ3) is 6.44. The molecule has 0 bridgehead atoms. The number of piperazine rings is 1. The van der Waals surface area contributed by atoms with Gasteiger partial charge in [-0.3, -0.25) is 14.4 Å². The Morgan fingerprint density at radius 3 is 2.41 bits per heavy atom. The van der Waals surface area contributed by atoms with Crippen molar-refractivity contribution >= 4 is 61.7 Å². The number of aromatic nitrogens is 1. The van der Waals surface area contributed by atoms with Gasteiger partial charge in [0.05, 0.1) is 16.3 Å². The molecule has 5 aromatic rings. The van der Waals surface area contributed by atoms with Crippen LogP contribution in [-0.2, 0) is 11.8 Å². The topological polar surface area (TPSA) is 98.7 Å². The Labute approximate surface area is 271 Å². The van der Waals surface area contributed by atoms with Crippen LogP contribution in [0.15, 0.2) is 96.4 Å². The second-order valence-electron chi connectivity index (χ2n) is 11.5. The fraction of sp³-hybridized carbons (Fsp3) is 0.194. The van der Waals surface area contributed by atoms with Crippen LogP contribution in [0.2, 0.25) is 0 Å². The zero-order valence-electron chi connectivity index (χ0n) is 26.1. The van der Waals surface area contributed by atoms with Gasteiger partial charge in [0.25, 0.3) is 11.5 Å². The monoisotopic (exact) mass is 632 g/mol. The maximum absolute atomic E-state index is 13.3. The van der Waals surface area contributed by atoms with Gasteiger partial charge in [0.1, 0.15) is 5.69 Å². The SMILES string of the molecule is C=CC(=O)Nc1cc(Nc2cc(-c3cccc(NC(=O)c4cc5ccccc5s4)c3C)cn(C)c2=O)ccc1N1CCN(C)CC1. The van der Waals surface area contributed by atoms with Gasteiger partial charge >= 0.3 is 0 Å². The number of pyridine rings is 1. The van der Waals surface area contributed by atoms with Gasteiger partial charge in [0.2, 0.25) is 5.91 Å². The number of rotatable bonds is 8. The molecule has 234 valence electrons. The van der Waals surface area contributed by atoms with E-state index in [-0.39, 0.29) is 17.4 Å². The number of nitrogens with zero attached hydrogens (tertiary/aromatic N) is 3. The minimum atomic E-state index is -0.305. The quantitative estimate of drug-likeness (QED) is 0.170. The highest BCUT2D eigenvalue weighted by Crippen LogP contribution is 2.34. The number of hydrogen-bond donors (Lipinski definition) is 3. The Morgan fingerprint density at radius 2 is 1.65 bits per heavy atom. The number of carbonyl (C=O) groups is 2. The van der Waals surface area contributed by atoms with E-state index in [1.807, 2.05) is 79.7 Å². The predicted octanol–water partition coefficient (Wildman–Crippen LogP) is 6.45. The second kappa shape index (κ2) is 13.0. The lowest BCUT2D eigenvalue weighted by molar-refractivity contribution is -0.111. The Morgan fingerprint density at radius 1 is 0.870 bits per heavy atom. The molecule has 1 aliphatic heterocycles. The zero-order valence-corrected chi connectivity index (χ0v) is 26.9. The van der Waals surface area contributed by atoms with Gasteiger partial charge < -0.3 is 30.3 Å². The lowest BCUT2D eigenvalue weighted by Gasteiger charge is -2.35. The molecular formula is C36H36N6O3S. The van der Waals surface area contributed by atoms with E-state index in [4.69, 9.17) is 0 Å². The van der Waals surface area contributed by atoms with Crippen LogP contribution in [0.4, 0.5) is 28.4 Å². The van der Waals surface area contributed by atoms with Gasteiger partial charge in [-0.05, 0) is 79.0 Å². The predicted molar refractivity (Wildman–Crippen MR) is 190 cm³/mol. The van der Waals surface area contributed by atoms with E-state index < -0.39 is 0 Å². The molecule has 0 unspecified atom stereocenters. The van der Waals surface area contributed by atoms with E-state index >= 15 is 0 Å². The Kier molecular flexibility index (Phi) is 8.74. The average Bonchev–Trinajstić information content (AvgIpc) is 3.49. The molecule has 2 aromatic heterocycles. The van der Waals surface area contributed by atoms with Crippen LogP contribution in [0.3, 0.4) is 0 Å². The third-order valence-corrected chi connectivity index (χ3v) is 9.40. The van der Waals surface area contributed by atoms with Crippen molar-refractivity contribution < 1.29 is 9.59 Å². The molecule has 0 radical (unpaired) electrons. The number of carbonyl (C=O) groups excluding carboxylic acids is 2. The molecule has 0 aliphatic carbocycles. The van der Waals surface area contributed by atoms with Crippen molar-refractivity contribution in [3.05, 3.63) is 112 Å². The zero-order chi connectivity index (χ0) is 32.4. The number of thiophene rings is 1. The highest BCUT2D eigenvalue weighted by molar-refractivity contribution is 7.20. The summed E-state index contributed by atoms with van der Waals surface area (Å²) in [5.74, 6) is -0.469. The van der Waals surface area contributed by atoms with Crippen LogP contribution < -0.4 is 26.4 Å². The fourth-order valence-electron chi connectivity index (χ4n) is 5.69. The van der Waals surface area contributed by atoms with E-state index in [9.17, 15) is 14.4 Å². The second-order valence-corrected chi connectivity index (χ2v) is 12.6. The van der Waals surface area contributed by atoms with Crippen molar-refractivity contribution in [2.75, 3.05) is 54.1 Å². The lowest BCUT2D eigenvalue weighted by atomic mass is 10.00. The summed E-state index contributed by atoms with van der Waals surface area (Å²) < 4.78 is 2.60. The number of likely N-dealkylation sites (N-methyl/N-ethyl adjacent to an activating group) is 1. The highest BCUT2D eigenvalue weighted by atomic mass is 32.1. The van der Waals surface area contributed by atoms with Crippen molar-refractivity contribution in [2.24, 2.45) is 7.05 Å². The molecule has 6 rings (SSSR count). The molecule has 0 saturated carbocycles. The number of aryl methyl sites for hydroxylation is 1. The number of anilines is 5. The highest BCUT2D eigenvalue weighted by Gasteiger charge is 2.19. The molecule has 1 aliphatic rings. The van der Waals surface area contributed by atoms with E-state index in [1.165, 1.54) is 17.4 Å². The summed E-state index contributed by atoms with van der Waals surface area (Å²) in [5.41, 5.74) is 5.69. The first kappa shape index (κ1) is 30.8. The van der Waals surface area contributed by atoms with Crippen molar-refractivity contribution in [3.8, 4) is 11.1 Å². The number of fused-ring (bicyclic) bond motifs is 1. The van der Waals surface area contributed by atoms with Gasteiger partial charge in [0, 0.05) is 61.1 Å². The van der Waals surface area contributed by atoms with Crippen LogP contribution in [0.5, 0.6) is 0 Å². The molecule has 0 spiro atoms. The normalized spacial score (nSPS) is 13.4. The van der Waals surface area contributed by atoms with Gasteiger partial charge in [-0.2, -0.15) is 0 Å². The fourth-order valence-corrected chi connectivity index (χ4v) is 6.64. The number of benzene rings is 3. The van der Waals surface area contributed by atoms with Crippen molar-refractivity contribution in [2.45, 2.75) is 6.92 Å². The van der Waals surface area contributed by atoms with Crippen LogP contribution in [-0.4, -0.2) is 54.5 Å². The molecule has 2 amide bonds. The van der Waals surface area contributed by atoms with Crippen LogP contribution >= 0.6 is 11.3 Å². The maximum Gasteiger partial charge on any atom is 0.274 e. The first-order chi connectivity index (χ1) is 22.2. The van der Waals surface area contributed by atoms with Crippen molar-refractivity contribution in [1.82, 2.24) is 9.47 Å². The van der Waals surface area contributed by atoms with E-state index in [2.05, 4.69) is 39.4 Å². The van der Waals surface area contributed by atoms with Crippen molar-refractivity contribution in [3.63, 3.8) is 0 Å². The van der Waals surface area contributed by atoms with Crippen LogP contribution in [0, 0.1) is 6.92 Å². The van der Waals surface area contributed by atoms with E-state index in [0.717, 1.165) is 58.6 Å². The molecule has 10 heteroatoms. The first-order valence-corrected chi connectivity index (χ1v) is 15.9. The summed E-state index contributed by atoms with van der Waals surface area (Å²) >= 11 is 1.46. The minimum absolute atomic E-state index is 0.163. The molecule has 3 heterocycles. The third-order valence-electron chi connectivity index (χ3n) is 8.29. The standard InChI is InChI=1S/C36H36N6O3S/c1-5-34(43)38-29-21-26(13-14-31(29)42-17-15-40(3)16-18-42)37-30-19-25(22-41(4)36(30)45)27-10-8-11-28(23(27)2)39-35(44)33-20-24-9-6-7-12-32(24)46-33/h5-14,19-22,37H,1,15-18H2,2-4H3,(H,38,43)(H,39,44). The largest absolute Gasteiger partial charge is 0.367 e. The van der Waals surface area contributed by atoms with Gasteiger partial charge in [-0.25, -0.2) is 0 Å². The maximum atomic E-state index is 13.3. The summed E-state index contributed by atoms with van der Waals surface area (Å²) in [4.78, 5) is 44.0. The summed E-state index contributed by atoms with van der Waals surface area (Å²) in [5, 5.41) is 10.3. The van der Waals surface area contributed by atoms with Crippen molar-refractivity contribution in [1.29, 1.82) is 0 Å². The first-order valence-electron chi connectivity index (χ1n) is 15.1. The minimum Gasteiger partial charge on any atom is -0.367 e. The molecule has 0 atom stereocenters. The summed E-state index contributed by atoms with van der Waals surface area (Å²) in [6.45, 7) is 9.08. The molecule has 9 nitrogen and oxygen atoms in total. The van der Waals surface area contributed by atoms with Gasteiger partial charge in [0.15, 0.2) is 0 Å². The molecule has 46 heavy (non-hydrogen) atoms. The number of nitrogens with one attached hydrogen (secondary N) is 3. The van der Waals surface area contributed by atoms with E-state index in [0.29, 0.717) is 27.6 Å². The number of hydrogen-bond acceptors (Lipinski definition) is 7.